The molecule has 0 aliphatic heterocycles. The van der Waals surface area contributed by atoms with E-state index in [1.165, 1.54) is 12.0 Å². The lowest BCUT2D eigenvalue weighted by Crippen LogP contribution is -2.36. The van der Waals surface area contributed by atoms with Gasteiger partial charge in [-0.15, -0.1) is 11.3 Å². The van der Waals surface area contributed by atoms with E-state index in [2.05, 4.69) is 13.0 Å². The summed E-state index contributed by atoms with van der Waals surface area (Å²) in [7, 11) is 1.39. The van der Waals surface area contributed by atoms with Crippen molar-refractivity contribution in [1.82, 2.24) is 0 Å². The molecule has 0 unspecified atom stereocenters. The molecule has 0 fully saturated rings. The van der Waals surface area contributed by atoms with Gasteiger partial charge in [0.2, 0.25) is 0 Å². The van der Waals surface area contributed by atoms with Gasteiger partial charge in [-0.05, 0) is 32.4 Å². The number of rotatable bonds is 4. The van der Waals surface area contributed by atoms with Crippen LogP contribution in [0.2, 0.25) is 0 Å². The molecule has 16 heavy (non-hydrogen) atoms. The van der Waals surface area contributed by atoms with Crippen molar-refractivity contribution in [1.29, 1.82) is 0 Å². The van der Waals surface area contributed by atoms with Crippen molar-refractivity contribution < 1.29 is 9.53 Å². The maximum absolute atomic E-state index is 11.6. The molecule has 0 spiro atoms. The van der Waals surface area contributed by atoms with E-state index in [0.29, 0.717) is 0 Å². The highest BCUT2D eigenvalue weighted by molar-refractivity contribution is 7.12. The molecule has 4 heteroatoms. The molecule has 1 heterocycles. The highest BCUT2D eigenvalue weighted by Crippen LogP contribution is 2.35. The van der Waals surface area contributed by atoms with Crippen LogP contribution in [0.5, 0.6) is 0 Å². The molecule has 3 nitrogen and oxygen atoms in total. The lowest BCUT2D eigenvalue weighted by Gasteiger charge is -2.27. The molecular formula is C12H19NO2S. The Morgan fingerprint density at radius 3 is 2.62 bits per heavy atom. The van der Waals surface area contributed by atoms with Crippen molar-refractivity contribution in [2.45, 2.75) is 33.2 Å². The maximum atomic E-state index is 11.6. The van der Waals surface area contributed by atoms with Gasteiger partial charge in [0, 0.05) is 9.75 Å². The Balaban J connectivity index is 2.92. The van der Waals surface area contributed by atoms with Gasteiger partial charge in [-0.1, -0.05) is 6.92 Å². The number of aryl methyl sites for hydroxylation is 1. The minimum Gasteiger partial charge on any atom is -0.469 e. The molecule has 1 rings (SSSR count). The minimum atomic E-state index is -0.690. The van der Waals surface area contributed by atoms with Crippen LogP contribution in [-0.2, 0) is 16.0 Å². The standard InChI is InChI=1S/C12H19NO2S/c1-5-8-6-7-9(16-8)10(13)12(2,3)11(14)15-4/h6-7,10H,5,13H2,1-4H3/t10-/m0/s1. The summed E-state index contributed by atoms with van der Waals surface area (Å²) < 4.78 is 4.78. The number of nitrogens with two attached hydrogens (primary N) is 1. The Bertz CT molecular complexity index is 371. The van der Waals surface area contributed by atoms with E-state index >= 15 is 0 Å². The topological polar surface area (TPSA) is 52.3 Å². The van der Waals surface area contributed by atoms with Gasteiger partial charge in [0.15, 0.2) is 0 Å². The van der Waals surface area contributed by atoms with Crippen LogP contribution < -0.4 is 5.73 Å². The second-order valence-electron chi connectivity index (χ2n) is 4.35. The maximum Gasteiger partial charge on any atom is 0.313 e. The first-order chi connectivity index (χ1) is 7.43. The van der Waals surface area contributed by atoms with Crippen molar-refractivity contribution in [3.05, 3.63) is 21.9 Å². The minimum absolute atomic E-state index is 0.272. The SMILES string of the molecule is CCc1ccc([C@H](N)C(C)(C)C(=O)OC)s1. The predicted molar refractivity (Wildman–Crippen MR) is 66.4 cm³/mol. The Hall–Kier alpha value is -0.870. The van der Waals surface area contributed by atoms with Gasteiger partial charge in [-0.2, -0.15) is 0 Å². The van der Waals surface area contributed by atoms with Gasteiger partial charge in [0.05, 0.1) is 18.6 Å². The quantitative estimate of drug-likeness (QED) is 0.824. The lowest BCUT2D eigenvalue weighted by atomic mass is 9.84. The Labute approximate surface area is 101 Å². The van der Waals surface area contributed by atoms with E-state index in [-0.39, 0.29) is 12.0 Å². The Morgan fingerprint density at radius 1 is 1.56 bits per heavy atom. The zero-order valence-corrected chi connectivity index (χ0v) is 11.1. The summed E-state index contributed by atoms with van der Waals surface area (Å²) in [6.45, 7) is 5.73. The molecule has 0 aliphatic rings. The number of esters is 1. The van der Waals surface area contributed by atoms with E-state index in [0.717, 1.165) is 11.3 Å². The molecule has 0 aliphatic carbocycles. The number of carbonyl (C=O) groups excluding carboxylic acids is 1. The van der Waals surface area contributed by atoms with Crippen LogP contribution in [0.4, 0.5) is 0 Å². The Morgan fingerprint density at radius 2 is 2.19 bits per heavy atom. The third kappa shape index (κ3) is 2.44. The van der Waals surface area contributed by atoms with Crippen LogP contribution in [0.1, 0.15) is 36.6 Å². The number of methoxy groups -OCH3 is 1. The third-order valence-electron chi connectivity index (χ3n) is 2.83. The molecule has 0 saturated heterocycles. The fraction of sp³-hybridized carbons (Fsp3) is 0.583. The number of carbonyl (C=O) groups is 1. The molecule has 1 aromatic rings. The van der Waals surface area contributed by atoms with Crippen molar-refractivity contribution in [3.63, 3.8) is 0 Å². The average molecular weight is 241 g/mol. The monoisotopic (exact) mass is 241 g/mol. The van der Waals surface area contributed by atoms with E-state index < -0.39 is 5.41 Å². The van der Waals surface area contributed by atoms with E-state index in [1.807, 2.05) is 19.9 Å². The Kier molecular flexibility index (Phi) is 4.10. The van der Waals surface area contributed by atoms with Gasteiger partial charge in [-0.25, -0.2) is 0 Å². The van der Waals surface area contributed by atoms with Crippen LogP contribution in [0.3, 0.4) is 0 Å². The zero-order valence-electron chi connectivity index (χ0n) is 10.2. The normalized spacial score (nSPS) is 13.6. The first-order valence-corrected chi connectivity index (χ1v) is 6.17. The lowest BCUT2D eigenvalue weighted by molar-refractivity contribution is -0.152. The molecule has 0 saturated carbocycles. The largest absolute Gasteiger partial charge is 0.469 e. The van der Waals surface area contributed by atoms with E-state index in [4.69, 9.17) is 10.5 Å². The van der Waals surface area contributed by atoms with Crippen LogP contribution in [0.25, 0.3) is 0 Å². The van der Waals surface area contributed by atoms with Crippen LogP contribution in [-0.4, -0.2) is 13.1 Å². The van der Waals surface area contributed by atoms with Crippen molar-refractivity contribution >= 4 is 17.3 Å². The predicted octanol–water partition coefficient (Wildman–Crippen LogP) is 2.51. The fourth-order valence-electron chi connectivity index (χ4n) is 1.50. The summed E-state index contributed by atoms with van der Waals surface area (Å²) >= 11 is 1.66. The summed E-state index contributed by atoms with van der Waals surface area (Å²) in [5, 5.41) is 0. The second-order valence-corrected chi connectivity index (χ2v) is 5.55. The van der Waals surface area contributed by atoms with Gasteiger partial charge >= 0.3 is 5.97 Å². The summed E-state index contributed by atoms with van der Waals surface area (Å²) in [6.07, 6.45) is 0.996. The molecule has 0 bridgehead atoms. The summed E-state index contributed by atoms with van der Waals surface area (Å²) in [5.74, 6) is -0.272. The van der Waals surface area contributed by atoms with Gasteiger partial charge in [0.25, 0.3) is 0 Å². The van der Waals surface area contributed by atoms with Crippen molar-refractivity contribution in [2.24, 2.45) is 11.1 Å². The van der Waals surface area contributed by atoms with E-state index in [9.17, 15) is 4.79 Å². The molecule has 2 N–H and O–H groups in total. The van der Waals surface area contributed by atoms with Gasteiger partial charge in [-0.3, -0.25) is 4.79 Å². The van der Waals surface area contributed by atoms with Crippen LogP contribution >= 0.6 is 11.3 Å². The fourth-order valence-corrected chi connectivity index (χ4v) is 2.64. The summed E-state index contributed by atoms with van der Waals surface area (Å²) in [5.41, 5.74) is 5.44. The first kappa shape index (κ1) is 13.2. The first-order valence-electron chi connectivity index (χ1n) is 5.36. The van der Waals surface area contributed by atoms with E-state index in [1.54, 1.807) is 11.3 Å². The third-order valence-corrected chi connectivity index (χ3v) is 4.14. The summed E-state index contributed by atoms with van der Waals surface area (Å²) in [6, 6.07) is 3.75. The molecule has 0 radical (unpaired) electrons. The molecule has 1 atom stereocenters. The van der Waals surface area contributed by atoms with Crippen LogP contribution in [0, 0.1) is 5.41 Å². The highest BCUT2D eigenvalue weighted by atomic mass is 32.1. The van der Waals surface area contributed by atoms with Crippen molar-refractivity contribution in [3.8, 4) is 0 Å². The summed E-state index contributed by atoms with van der Waals surface area (Å²) in [4.78, 5) is 13.9. The van der Waals surface area contributed by atoms with Crippen LogP contribution in [0.15, 0.2) is 12.1 Å². The zero-order chi connectivity index (χ0) is 12.3. The highest BCUT2D eigenvalue weighted by Gasteiger charge is 2.37. The molecule has 0 aromatic carbocycles. The number of hydrogen-bond acceptors (Lipinski definition) is 4. The molecule has 1 aromatic heterocycles. The molecular weight excluding hydrogens is 222 g/mol. The molecule has 90 valence electrons. The number of ether oxygens (including phenoxy) is 1. The number of hydrogen-bond donors (Lipinski definition) is 1. The average Bonchev–Trinajstić information content (AvgIpc) is 2.75. The van der Waals surface area contributed by atoms with Crippen molar-refractivity contribution in [2.75, 3.05) is 7.11 Å². The van der Waals surface area contributed by atoms with Gasteiger partial charge in [0.1, 0.15) is 0 Å². The number of thiophene rings is 1. The second kappa shape index (κ2) is 4.97. The smallest absolute Gasteiger partial charge is 0.313 e. The van der Waals surface area contributed by atoms with Gasteiger partial charge < -0.3 is 10.5 Å². The molecule has 0 amide bonds.